The predicted octanol–water partition coefficient (Wildman–Crippen LogP) is 1.55. The van der Waals surface area contributed by atoms with Crippen molar-refractivity contribution < 1.29 is 22.3 Å². The van der Waals surface area contributed by atoms with E-state index in [1.54, 1.807) is 0 Å². The highest BCUT2D eigenvalue weighted by Gasteiger charge is 2.22. The first kappa shape index (κ1) is 14.6. The van der Waals surface area contributed by atoms with E-state index in [1.807, 2.05) is 0 Å². The van der Waals surface area contributed by atoms with Gasteiger partial charge in [-0.25, -0.2) is 12.8 Å². The van der Waals surface area contributed by atoms with Crippen LogP contribution in [0.15, 0.2) is 24.3 Å². The second kappa shape index (κ2) is 5.95. The van der Waals surface area contributed by atoms with Crippen molar-refractivity contribution in [3.05, 3.63) is 35.6 Å². The minimum absolute atomic E-state index is 0.214. The number of benzene rings is 1. The summed E-state index contributed by atoms with van der Waals surface area (Å²) in [6.07, 6.45) is 0. The Bertz CT molecular complexity index is 507. The number of carbonyl (C=O) groups excluding carboxylic acids is 1. The lowest BCUT2D eigenvalue weighted by Crippen LogP contribution is -2.23. The molecule has 0 amide bonds. The minimum Gasteiger partial charge on any atom is -0.469 e. The first-order chi connectivity index (χ1) is 8.34. The van der Waals surface area contributed by atoms with Gasteiger partial charge in [0.25, 0.3) is 0 Å². The second-order valence-electron chi connectivity index (χ2n) is 4.11. The number of halogens is 1. The maximum Gasteiger partial charge on any atom is 0.309 e. The third-order valence-electron chi connectivity index (χ3n) is 2.41. The molecule has 0 aromatic heterocycles. The van der Waals surface area contributed by atoms with Crippen LogP contribution in [0.1, 0.15) is 12.5 Å². The summed E-state index contributed by atoms with van der Waals surface area (Å²) in [5, 5.41) is 0. The van der Waals surface area contributed by atoms with Crippen LogP contribution in [0.2, 0.25) is 0 Å². The highest BCUT2D eigenvalue weighted by Crippen LogP contribution is 2.11. The van der Waals surface area contributed by atoms with E-state index in [9.17, 15) is 17.6 Å². The molecular formula is C12H15FO4S. The van der Waals surface area contributed by atoms with Crippen LogP contribution in [0.5, 0.6) is 0 Å². The Morgan fingerprint density at radius 2 is 1.89 bits per heavy atom. The van der Waals surface area contributed by atoms with Crippen LogP contribution < -0.4 is 0 Å². The summed E-state index contributed by atoms with van der Waals surface area (Å²) < 4.78 is 40.8. The Hall–Kier alpha value is -1.43. The Labute approximate surface area is 106 Å². The van der Waals surface area contributed by atoms with Crippen LogP contribution in [-0.2, 0) is 25.1 Å². The van der Waals surface area contributed by atoms with Crippen LogP contribution in [-0.4, -0.2) is 27.2 Å². The average Bonchev–Trinajstić information content (AvgIpc) is 2.30. The van der Waals surface area contributed by atoms with Crippen molar-refractivity contribution in [1.82, 2.24) is 0 Å². The first-order valence-electron chi connectivity index (χ1n) is 5.37. The van der Waals surface area contributed by atoms with Crippen molar-refractivity contribution in [2.75, 3.05) is 12.9 Å². The van der Waals surface area contributed by atoms with Gasteiger partial charge in [0.2, 0.25) is 0 Å². The van der Waals surface area contributed by atoms with Gasteiger partial charge in [0.05, 0.1) is 24.5 Å². The van der Waals surface area contributed by atoms with Crippen molar-refractivity contribution in [2.24, 2.45) is 5.92 Å². The molecule has 1 aromatic rings. The summed E-state index contributed by atoms with van der Waals surface area (Å²) in [5.74, 6) is -2.18. The van der Waals surface area contributed by atoms with E-state index in [-0.39, 0.29) is 11.5 Å². The molecule has 0 aliphatic heterocycles. The van der Waals surface area contributed by atoms with Gasteiger partial charge in [0, 0.05) is 0 Å². The van der Waals surface area contributed by atoms with Crippen LogP contribution in [0.25, 0.3) is 0 Å². The predicted molar refractivity (Wildman–Crippen MR) is 65.1 cm³/mol. The molecule has 0 spiro atoms. The van der Waals surface area contributed by atoms with Gasteiger partial charge in [-0.3, -0.25) is 4.79 Å². The lowest BCUT2D eigenvalue weighted by molar-refractivity contribution is -0.144. The fraction of sp³-hybridized carbons (Fsp3) is 0.417. The largest absolute Gasteiger partial charge is 0.469 e. The van der Waals surface area contributed by atoms with Gasteiger partial charge in [0.1, 0.15) is 5.82 Å². The van der Waals surface area contributed by atoms with Gasteiger partial charge in [0.15, 0.2) is 9.84 Å². The Balaban J connectivity index is 2.70. The molecule has 0 N–H and O–H groups in total. The summed E-state index contributed by atoms with van der Waals surface area (Å²) >= 11 is 0. The Morgan fingerprint density at radius 3 is 2.39 bits per heavy atom. The number of carbonyl (C=O) groups is 1. The summed E-state index contributed by atoms with van der Waals surface area (Å²) in [5.41, 5.74) is 0.494. The fourth-order valence-corrected chi connectivity index (χ4v) is 3.26. The first-order valence-corrected chi connectivity index (χ1v) is 7.19. The van der Waals surface area contributed by atoms with E-state index >= 15 is 0 Å². The van der Waals surface area contributed by atoms with Crippen molar-refractivity contribution in [1.29, 1.82) is 0 Å². The molecule has 0 heterocycles. The topological polar surface area (TPSA) is 60.4 Å². The van der Waals surface area contributed by atoms with Crippen LogP contribution in [0, 0.1) is 11.7 Å². The zero-order chi connectivity index (χ0) is 13.8. The van der Waals surface area contributed by atoms with Crippen molar-refractivity contribution in [2.45, 2.75) is 12.7 Å². The van der Waals surface area contributed by atoms with Gasteiger partial charge >= 0.3 is 5.97 Å². The summed E-state index contributed by atoms with van der Waals surface area (Å²) in [7, 11) is -2.21. The molecule has 0 saturated carbocycles. The molecule has 0 aliphatic carbocycles. The molecule has 1 unspecified atom stereocenters. The third kappa shape index (κ3) is 4.44. The number of sulfone groups is 1. The van der Waals surface area contributed by atoms with Crippen molar-refractivity contribution in [3.8, 4) is 0 Å². The average molecular weight is 274 g/mol. The molecule has 0 fully saturated rings. The second-order valence-corrected chi connectivity index (χ2v) is 6.21. The molecule has 100 valence electrons. The van der Waals surface area contributed by atoms with Gasteiger partial charge < -0.3 is 4.74 Å². The molecule has 0 radical (unpaired) electrons. The van der Waals surface area contributed by atoms with Crippen LogP contribution in [0.4, 0.5) is 4.39 Å². The zero-order valence-electron chi connectivity index (χ0n) is 10.2. The monoisotopic (exact) mass is 274 g/mol. The molecule has 1 aromatic carbocycles. The number of esters is 1. The summed E-state index contributed by atoms with van der Waals surface area (Å²) in [6, 6.07) is 5.23. The number of ether oxygens (including phenoxy) is 1. The van der Waals surface area contributed by atoms with Crippen LogP contribution >= 0.6 is 0 Å². The molecule has 6 heteroatoms. The number of hydrogen-bond donors (Lipinski definition) is 0. The van der Waals surface area contributed by atoms with Gasteiger partial charge in [-0.1, -0.05) is 19.1 Å². The standard InChI is InChI=1S/C12H15FO4S/c1-9(12(14)17-2)7-18(15,16)8-10-3-5-11(13)6-4-10/h3-6,9H,7-8H2,1-2H3. The van der Waals surface area contributed by atoms with Gasteiger partial charge in [-0.05, 0) is 17.7 Å². The van der Waals surface area contributed by atoms with Crippen LogP contribution in [0.3, 0.4) is 0 Å². The summed E-state index contributed by atoms with van der Waals surface area (Å²) in [6.45, 7) is 1.49. The highest BCUT2D eigenvalue weighted by atomic mass is 32.2. The Morgan fingerprint density at radius 1 is 1.33 bits per heavy atom. The maximum absolute atomic E-state index is 12.7. The van der Waals surface area contributed by atoms with E-state index in [0.29, 0.717) is 5.56 Å². The van der Waals surface area contributed by atoms with E-state index < -0.39 is 27.5 Å². The molecule has 18 heavy (non-hydrogen) atoms. The molecule has 0 aliphatic rings. The molecule has 1 rings (SSSR count). The minimum atomic E-state index is -3.43. The molecule has 4 nitrogen and oxygen atoms in total. The van der Waals surface area contributed by atoms with Gasteiger partial charge in [-0.2, -0.15) is 0 Å². The number of rotatable bonds is 5. The smallest absolute Gasteiger partial charge is 0.309 e. The lowest BCUT2D eigenvalue weighted by Gasteiger charge is -2.09. The third-order valence-corrected chi connectivity index (χ3v) is 4.19. The SMILES string of the molecule is COC(=O)C(C)CS(=O)(=O)Cc1ccc(F)cc1. The fourth-order valence-electron chi connectivity index (χ4n) is 1.54. The van der Waals surface area contributed by atoms with E-state index in [0.717, 1.165) is 0 Å². The molecule has 1 atom stereocenters. The molecule has 0 saturated heterocycles. The van der Waals surface area contributed by atoms with E-state index in [2.05, 4.69) is 4.74 Å². The van der Waals surface area contributed by atoms with E-state index in [1.165, 1.54) is 38.3 Å². The number of hydrogen-bond acceptors (Lipinski definition) is 4. The zero-order valence-corrected chi connectivity index (χ0v) is 11.0. The Kier molecular flexibility index (Phi) is 4.84. The molecule has 0 bridgehead atoms. The summed E-state index contributed by atoms with van der Waals surface area (Å²) in [4.78, 5) is 11.2. The van der Waals surface area contributed by atoms with Crippen molar-refractivity contribution in [3.63, 3.8) is 0 Å². The quantitative estimate of drug-likeness (QED) is 0.764. The van der Waals surface area contributed by atoms with Crippen molar-refractivity contribution >= 4 is 15.8 Å². The maximum atomic E-state index is 12.7. The normalized spacial score (nSPS) is 13.1. The van der Waals surface area contributed by atoms with E-state index in [4.69, 9.17) is 0 Å². The highest BCUT2D eigenvalue weighted by molar-refractivity contribution is 7.90. The molecular weight excluding hydrogens is 259 g/mol. The number of methoxy groups -OCH3 is 1. The van der Waals surface area contributed by atoms with Gasteiger partial charge in [-0.15, -0.1) is 0 Å². The lowest BCUT2D eigenvalue weighted by atomic mass is 10.2.